The molecular formula is C22H24N4O3S. The van der Waals surface area contributed by atoms with Crippen LogP contribution in [0.2, 0.25) is 0 Å². The lowest BCUT2D eigenvalue weighted by Gasteiger charge is -2.09. The largest absolute Gasteiger partial charge is 0.462 e. The van der Waals surface area contributed by atoms with Crippen LogP contribution in [0.4, 0.5) is 5.69 Å². The van der Waals surface area contributed by atoms with Crippen LogP contribution in [-0.2, 0) is 16.1 Å². The zero-order valence-electron chi connectivity index (χ0n) is 17.2. The first-order chi connectivity index (χ1) is 14.5. The van der Waals surface area contributed by atoms with E-state index < -0.39 is 0 Å². The number of ether oxygens (including phenoxy) is 1. The summed E-state index contributed by atoms with van der Waals surface area (Å²) in [7, 11) is 0. The predicted molar refractivity (Wildman–Crippen MR) is 118 cm³/mol. The van der Waals surface area contributed by atoms with Crippen molar-refractivity contribution in [3.8, 4) is 11.4 Å². The van der Waals surface area contributed by atoms with E-state index >= 15 is 0 Å². The van der Waals surface area contributed by atoms with Crippen LogP contribution in [0.5, 0.6) is 0 Å². The second-order valence-corrected chi connectivity index (χ2v) is 7.44. The molecule has 3 aromatic rings. The highest BCUT2D eigenvalue weighted by Crippen LogP contribution is 2.26. The van der Waals surface area contributed by atoms with E-state index in [1.165, 1.54) is 11.8 Å². The Morgan fingerprint density at radius 3 is 2.47 bits per heavy atom. The minimum atomic E-state index is -0.380. The Balaban J connectivity index is 1.62. The lowest BCUT2D eigenvalue weighted by atomic mass is 10.1. The molecule has 0 bridgehead atoms. The number of carbonyl (C=O) groups is 2. The van der Waals surface area contributed by atoms with Crippen molar-refractivity contribution in [2.75, 3.05) is 17.7 Å². The number of hydrogen-bond acceptors (Lipinski definition) is 6. The van der Waals surface area contributed by atoms with E-state index in [4.69, 9.17) is 4.74 Å². The lowest BCUT2D eigenvalue weighted by molar-refractivity contribution is -0.113. The van der Waals surface area contributed by atoms with Gasteiger partial charge in [-0.25, -0.2) is 4.79 Å². The monoisotopic (exact) mass is 424 g/mol. The molecule has 0 spiro atoms. The van der Waals surface area contributed by atoms with Crippen molar-refractivity contribution in [3.63, 3.8) is 0 Å². The highest BCUT2D eigenvalue weighted by atomic mass is 32.2. The van der Waals surface area contributed by atoms with E-state index in [1.807, 2.05) is 42.7 Å². The highest BCUT2D eigenvalue weighted by molar-refractivity contribution is 7.99. The van der Waals surface area contributed by atoms with Gasteiger partial charge in [0.1, 0.15) is 0 Å². The van der Waals surface area contributed by atoms with Crippen LogP contribution in [0.3, 0.4) is 0 Å². The minimum Gasteiger partial charge on any atom is -0.462 e. The molecule has 0 saturated heterocycles. The maximum Gasteiger partial charge on any atom is 0.338 e. The van der Waals surface area contributed by atoms with Gasteiger partial charge < -0.3 is 14.6 Å². The number of amides is 1. The molecule has 8 heteroatoms. The summed E-state index contributed by atoms with van der Waals surface area (Å²) in [6.07, 6.45) is 0. The van der Waals surface area contributed by atoms with Crippen molar-refractivity contribution >= 4 is 29.3 Å². The molecule has 1 N–H and O–H groups in total. The molecule has 1 heterocycles. The zero-order chi connectivity index (χ0) is 21.5. The zero-order valence-corrected chi connectivity index (χ0v) is 18.0. The van der Waals surface area contributed by atoms with Gasteiger partial charge in [0.2, 0.25) is 5.91 Å². The van der Waals surface area contributed by atoms with Crippen LogP contribution in [0.15, 0.2) is 53.7 Å². The molecule has 0 atom stereocenters. The number of aryl methyl sites for hydroxylation is 1. The molecule has 0 saturated carbocycles. The number of aromatic nitrogens is 3. The Hall–Kier alpha value is -3.13. The van der Waals surface area contributed by atoms with Crippen molar-refractivity contribution in [1.29, 1.82) is 0 Å². The summed E-state index contributed by atoms with van der Waals surface area (Å²) in [5.41, 5.74) is 3.22. The van der Waals surface area contributed by atoms with E-state index in [2.05, 4.69) is 15.5 Å². The molecule has 0 aliphatic heterocycles. The third-order valence-electron chi connectivity index (χ3n) is 4.43. The smallest absolute Gasteiger partial charge is 0.338 e. The normalized spacial score (nSPS) is 10.6. The number of benzene rings is 2. The van der Waals surface area contributed by atoms with Gasteiger partial charge in [-0.1, -0.05) is 36.0 Å². The number of hydrogen-bond donors (Lipinski definition) is 1. The van der Waals surface area contributed by atoms with Crippen molar-refractivity contribution in [1.82, 2.24) is 14.8 Å². The number of anilines is 1. The summed E-state index contributed by atoms with van der Waals surface area (Å²) in [4.78, 5) is 24.1. The average molecular weight is 425 g/mol. The fraction of sp³-hybridized carbons (Fsp3) is 0.273. The molecule has 1 aromatic heterocycles. The van der Waals surface area contributed by atoms with Gasteiger partial charge in [0, 0.05) is 17.8 Å². The minimum absolute atomic E-state index is 0.160. The van der Waals surface area contributed by atoms with Gasteiger partial charge in [0.25, 0.3) is 0 Å². The summed E-state index contributed by atoms with van der Waals surface area (Å²) in [5, 5.41) is 12.1. The second-order valence-electron chi connectivity index (χ2n) is 6.50. The maximum absolute atomic E-state index is 12.4. The third-order valence-corrected chi connectivity index (χ3v) is 5.40. The standard InChI is InChI=1S/C22H24N4O3S/c1-4-26-20(18-9-7-6-8-15(18)3)24-25-22(26)30-14-19(27)23-17-12-10-16(11-13-17)21(28)29-5-2/h6-13H,4-5,14H2,1-3H3,(H,23,27). The molecule has 0 radical (unpaired) electrons. The Morgan fingerprint density at radius 2 is 1.80 bits per heavy atom. The fourth-order valence-corrected chi connectivity index (χ4v) is 3.74. The van der Waals surface area contributed by atoms with Crippen LogP contribution in [0, 0.1) is 6.92 Å². The van der Waals surface area contributed by atoms with E-state index in [0.29, 0.717) is 29.6 Å². The molecule has 0 aliphatic rings. The number of rotatable bonds is 8. The van der Waals surface area contributed by atoms with Gasteiger partial charge >= 0.3 is 5.97 Å². The molecule has 3 rings (SSSR count). The van der Waals surface area contributed by atoms with Crippen molar-refractivity contribution in [2.24, 2.45) is 0 Å². The molecule has 0 fully saturated rings. The number of nitrogens with zero attached hydrogens (tertiary/aromatic N) is 3. The Bertz CT molecular complexity index is 1030. The van der Waals surface area contributed by atoms with Gasteiger partial charge in [0.15, 0.2) is 11.0 Å². The van der Waals surface area contributed by atoms with E-state index in [1.54, 1.807) is 31.2 Å². The van der Waals surface area contributed by atoms with Crippen molar-refractivity contribution in [3.05, 3.63) is 59.7 Å². The Labute approximate surface area is 179 Å². The molecular weight excluding hydrogens is 400 g/mol. The molecule has 0 aliphatic carbocycles. The first kappa shape index (κ1) is 21.6. The van der Waals surface area contributed by atoms with Crippen LogP contribution in [-0.4, -0.2) is 39.0 Å². The van der Waals surface area contributed by atoms with E-state index in [9.17, 15) is 9.59 Å². The fourth-order valence-electron chi connectivity index (χ4n) is 2.93. The quantitative estimate of drug-likeness (QED) is 0.431. The van der Waals surface area contributed by atoms with E-state index in [0.717, 1.165) is 17.0 Å². The average Bonchev–Trinajstić information content (AvgIpc) is 3.16. The first-order valence-electron chi connectivity index (χ1n) is 9.72. The number of nitrogens with one attached hydrogen (secondary N) is 1. The molecule has 7 nitrogen and oxygen atoms in total. The predicted octanol–water partition coefficient (Wildman–Crippen LogP) is 4.18. The first-order valence-corrected chi connectivity index (χ1v) is 10.7. The number of thioether (sulfide) groups is 1. The van der Waals surface area contributed by atoms with Gasteiger partial charge in [-0.3, -0.25) is 4.79 Å². The second kappa shape index (κ2) is 10.1. The van der Waals surface area contributed by atoms with Gasteiger partial charge in [-0.2, -0.15) is 0 Å². The van der Waals surface area contributed by atoms with Crippen molar-refractivity contribution < 1.29 is 14.3 Å². The van der Waals surface area contributed by atoms with Gasteiger partial charge in [-0.15, -0.1) is 10.2 Å². The maximum atomic E-state index is 12.4. The van der Waals surface area contributed by atoms with Crippen LogP contribution in [0.1, 0.15) is 29.8 Å². The highest BCUT2D eigenvalue weighted by Gasteiger charge is 2.16. The Morgan fingerprint density at radius 1 is 1.07 bits per heavy atom. The van der Waals surface area contributed by atoms with Crippen LogP contribution in [0.25, 0.3) is 11.4 Å². The lowest BCUT2D eigenvalue weighted by Crippen LogP contribution is -2.15. The van der Waals surface area contributed by atoms with Crippen LogP contribution < -0.4 is 5.32 Å². The SMILES string of the molecule is CCOC(=O)c1ccc(NC(=O)CSc2nnc(-c3ccccc3C)n2CC)cc1. The summed E-state index contributed by atoms with van der Waals surface area (Å²) in [6.45, 7) is 6.85. The Kier molecular flexibility index (Phi) is 7.24. The number of esters is 1. The van der Waals surface area contributed by atoms with Crippen molar-refractivity contribution in [2.45, 2.75) is 32.5 Å². The van der Waals surface area contributed by atoms with Gasteiger partial charge in [0.05, 0.1) is 17.9 Å². The van der Waals surface area contributed by atoms with E-state index in [-0.39, 0.29) is 17.6 Å². The molecule has 156 valence electrons. The summed E-state index contributed by atoms with van der Waals surface area (Å²) >= 11 is 1.34. The topological polar surface area (TPSA) is 86.1 Å². The molecule has 0 unspecified atom stereocenters. The van der Waals surface area contributed by atoms with Gasteiger partial charge in [-0.05, 0) is 50.6 Å². The summed E-state index contributed by atoms with van der Waals surface area (Å²) < 4.78 is 6.96. The van der Waals surface area contributed by atoms with Crippen LogP contribution >= 0.6 is 11.8 Å². The summed E-state index contributed by atoms with van der Waals surface area (Å²) in [6, 6.07) is 14.6. The molecule has 2 aromatic carbocycles. The number of carbonyl (C=O) groups excluding carboxylic acids is 2. The third kappa shape index (κ3) is 5.07. The molecule has 30 heavy (non-hydrogen) atoms. The molecule has 1 amide bonds. The summed E-state index contributed by atoms with van der Waals surface area (Å²) in [5.74, 6) is 0.459.